The number of hydrogen-bond donors (Lipinski definition) is 0. The zero-order valence-electron chi connectivity index (χ0n) is 22.0. The lowest BCUT2D eigenvalue weighted by Crippen LogP contribution is -2.39. The minimum atomic E-state index is -0.902. The normalized spacial score (nSPS) is 15.1. The van der Waals surface area contributed by atoms with Crippen molar-refractivity contribution in [3.63, 3.8) is 0 Å². The van der Waals surface area contributed by atoms with Crippen molar-refractivity contribution >= 4 is 46.6 Å². The van der Waals surface area contributed by atoms with E-state index in [4.69, 9.17) is 41.8 Å². The molecule has 0 radical (unpaired) electrons. The Morgan fingerprint density at radius 2 is 1.90 bits per heavy atom. The highest BCUT2D eigenvalue weighted by atomic mass is 35.5. The summed E-state index contributed by atoms with van der Waals surface area (Å²) < 4.78 is 24.3. The molecule has 11 heteroatoms. The lowest BCUT2D eigenvalue weighted by molar-refractivity contribution is -0.139. The van der Waals surface area contributed by atoms with Gasteiger partial charge < -0.3 is 18.6 Å². The van der Waals surface area contributed by atoms with Crippen molar-refractivity contribution in [2.24, 2.45) is 4.99 Å². The summed E-state index contributed by atoms with van der Waals surface area (Å²) in [7, 11) is 3.12. The van der Waals surface area contributed by atoms with Crippen molar-refractivity contribution in [2.45, 2.75) is 19.9 Å². The number of esters is 1. The summed E-state index contributed by atoms with van der Waals surface area (Å²) in [4.78, 5) is 32.1. The van der Waals surface area contributed by atoms with E-state index in [9.17, 15) is 9.59 Å². The first-order valence-electron chi connectivity index (χ1n) is 12.2. The summed E-state index contributed by atoms with van der Waals surface area (Å²) in [6.45, 7) is 3.59. The van der Waals surface area contributed by atoms with Crippen molar-refractivity contribution in [3.8, 4) is 22.8 Å². The molecular formula is C29H24Cl2N2O6S. The fourth-order valence-electron chi connectivity index (χ4n) is 4.46. The van der Waals surface area contributed by atoms with Crippen LogP contribution >= 0.6 is 34.5 Å². The SMILES string of the molecule is CCOC(=O)C1=C(C)N=c2s/c(=C\c3cc(OC)ccc3OC)c(=O)n2[C@H]1c1ccc(-c2ccc(Cl)c(Cl)c2)o1. The number of hydrogen-bond acceptors (Lipinski definition) is 8. The van der Waals surface area contributed by atoms with Crippen molar-refractivity contribution in [2.75, 3.05) is 20.8 Å². The molecule has 1 aliphatic rings. The number of benzene rings is 2. The van der Waals surface area contributed by atoms with E-state index in [-0.39, 0.29) is 17.7 Å². The number of aromatic nitrogens is 1. The number of ether oxygens (including phenoxy) is 3. The van der Waals surface area contributed by atoms with Gasteiger partial charge in [-0.2, -0.15) is 0 Å². The fourth-order valence-corrected chi connectivity index (χ4v) is 5.79. The lowest BCUT2D eigenvalue weighted by Gasteiger charge is -2.22. The highest BCUT2D eigenvalue weighted by molar-refractivity contribution is 7.07. The minimum Gasteiger partial charge on any atom is -0.497 e. The molecule has 1 atom stereocenters. The van der Waals surface area contributed by atoms with Crippen LogP contribution in [-0.2, 0) is 9.53 Å². The summed E-state index contributed by atoms with van der Waals surface area (Å²) in [5, 5.41) is 0.793. The number of halogens is 2. The molecule has 4 aromatic rings. The predicted octanol–water partition coefficient (Wildman–Crippen LogP) is 5.38. The van der Waals surface area contributed by atoms with Gasteiger partial charge in [-0.3, -0.25) is 9.36 Å². The summed E-state index contributed by atoms with van der Waals surface area (Å²) in [6, 6.07) is 13.0. The Balaban J connectivity index is 1.70. The molecule has 0 amide bonds. The average Bonchev–Trinajstić information content (AvgIpc) is 3.54. The molecule has 8 nitrogen and oxygen atoms in total. The number of carbonyl (C=O) groups is 1. The maximum atomic E-state index is 13.9. The average molecular weight is 599 g/mol. The zero-order chi connectivity index (χ0) is 28.6. The van der Waals surface area contributed by atoms with Crippen molar-refractivity contribution in [1.29, 1.82) is 0 Å². The molecule has 0 saturated carbocycles. The lowest BCUT2D eigenvalue weighted by atomic mass is 10.0. The van der Waals surface area contributed by atoms with E-state index in [0.717, 1.165) is 0 Å². The van der Waals surface area contributed by atoms with Gasteiger partial charge in [-0.15, -0.1) is 0 Å². The van der Waals surface area contributed by atoms with Gasteiger partial charge in [0.25, 0.3) is 5.56 Å². The van der Waals surface area contributed by atoms with Crippen molar-refractivity contribution in [3.05, 3.63) is 101 Å². The number of nitrogens with zero attached hydrogens (tertiary/aromatic N) is 2. The van der Waals surface area contributed by atoms with Gasteiger partial charge in [-0.25, -0.2) is 9.79 Å². The Bertz CT molecular complexity index is 1840. The molecule has 5 rings (SSSR count). The first-order chi connectivity index (χ1) is 19.2. The molecule has 0 aliphatic carbocycles. The highest BCUT2D eigenvalue weighted by Gasteiger charge is 2.35. The van der Waals surface area contributed by atoms with Crippen LogP contribution in [0.1, 0.15) is 31.2 Å². The molecule has 40 heavy (non-hydrogen) atoms. The van der Waals surface area contributed by atoms with E-state index in [2.05, 4.69) is 4.99 Å². The molecule has 0 N–H and O–H groups in total. The number of rotatable bonds is 7. The van der Waals surface area contributed by atoms with E-state index in [1.54, 1.807) is 82.7 Å². The Labute approximate surface area is 243 Å². The largest absolute Gasteiger partial charge is 0.497 e. The van der Waals surface area contributed by atoms with Crippen LogP contribution in [0.15, 0.2) is 74.0 Å². The summed E-state index contributed by atoms with van der Waals surface area (Å²) in [6.07, 6.45) is 1.72. The standard InChI is InChI=1S/C29H24Cl2N2O6S/c1-5-38-28(35)25-15(2)32-29-33(26(25)23-11-10-22(39-23)16-6-8-19(30)20(31)13-16)27(34)24(40-29)14-17-12-18(36-3)7-9-21(17)37-4/h6-14,26H,5H2,1-4H3/b24-14-/t26-/m0/s1. The van der Waals surface area contributed by atoms with Gasteiger partial charge in [0.2, 0.25) is 0 Å². The van der Waals surface area contributed by atoms with E-state index in [0.29, 0.717) is 59.2 Å². The van der Waals surface area contributed by atoms with Crippen LogP contribution in [0.2, 0.25) is 10.0 Å². The van der Waals surface area contributed by atoms with Gasteiger partial charge in [0.15, 0.2) is 4.80 Å². The predicted molar refractivity (Wildman–Crippen MR) is 154 cm³/mol. The number of thiazole rings is 1. The van der Waals surface area contributed by atoms with E-state index in [1.165, 1.54) is 15.9 Å². The molecule has 0 saturated heterocycles. The second-order valence-corrected chi connectivity index (χ2v) is 10.6. The molecular weight excluding hydrogens is 575 g/mol. The summed E-state index contributed by atoms with van der Waals surface area (Å²) >= 11 is 13.5. The smallest absolute Gasteiger partial charge is 0.338 e. The van der Waals surface area contributed by atoms with Gasteiger partial charge >= 0.3 is 5.97 Å². The van der Waals surface area contributed by atoms with Crippen LogP contribution in [0.5, 0.6) is 11.5 Å². The molecule has 0 unspecified atom stereocenters. The Morgan fingerprint density at radius 1 is 1.10 bits per heavy atom. The summed E-state index contributed by atoms with van der Waals surface area (Å²) in [5.41, 5.74) is 1.65. The number of methoxy groups -OCH3 is 2. The topological polar surface area (TPSA) is 92.3 Å². The second-order valence-electron chi connectivity index (χ2n) is 8.74. The number of furan rings is 1. The molecule has 2 aromatic heterocycles. The van der Waals surface area contributed by atoms with Crippen molar-refractivity contribution < 1.29 is 23.4 Å². The van der Waals surface area contributed by atoms with Crippen LogP contribution in [0.3, 0.4) is 0 Å². The highest BCUT2D eigenvalue weighted by Crippen LogP contribution is 2.35. The van der Waals surface area contributed by atoms with Crippen LogP contribution in [0.25, 0.3) is 17.4 Å². The van der Waals surface area contributed by atoms with Gasteiger partial charge in [0, 0.05) is 11.1 Å². The van der Waals surface area contributed by atoms with Crippen LogP contribution < -0.4 is 24.4 Å². The first kappa shape index (κ1) is 27.8. The number of fused-ring (bicyclic) bond motifs is 1. The fraction of sp³-hybridized carbons (Fsp3) is 0.207. The maximum Gasteiger partial charge on any atom is 0.338 e. The van der Waals surface area contributed by atoms with Gasteiger partial charge in [-0.1, -0.05) is 34.5 Å². The molecule has 1 aliphatic heterocycles. The Hall–Kier alpha value is -3.79. The molecule has 206 valence electrons. The Morgan fingerprint density at radius 3 is 2.60 bits per heavy atom. The third-order valence-corrected chi connectivity index (χ3v) is 8.06. The molecule has 0 bridgehead atoms. The molecule has 3 heterocycles. The van der Waals surface area contributed by atoms with Gasteiger partial charge in [-0.05, 0) is 68.5 Å². The van der Waals surface area contributed by atoms with E-state index < -0.39 is 12.0 Å². The zero-order valence-corrected chi connectivity index (χ0v) is 24.3. The first-order valence-corrected chi connectivity index (χ1v) is 13.8. The molecule has 0 fully saturated rings. The number of allylic oxidation sites excluding steroid dienone is 1. The molecule has 2 aromatic carbocycles. The van der Waals surface area contributed by atoms with Crippen LogP contribution in [0.4, 0.5) is 0 Å². The molecule has 0 spiro atoms. The van der Waals surface area contributed by atoms with Crippen LogP contribution in [0, 0.1) is 0 Å². The van der Waals surface area contributed by atoms with Gasteiger partial charge in [0.05, 0.1) is 46.7 Å². The number of carbonyl (C=O) groups excluding carboxylic acids is 1. The monoisotopic (exact) mass is 598 g/mol. The summed E-state index contributed by atoms with van der Waals surface area (Å²) in [5.74, 6) is 1.47. The second kappa shape index (κ2) is 11.4. The van der Waals surface area contributed by atoms with Gasteiger partial charge in [0.1, 0.15) is 29.1 Å². The van der Waals surface area contributed by atoms with Crippen LogP contribution in [-0.4, -0.2) is 31.4 Å². The third kappa shape index (κ3) is 5.08. The van der Waals surface area contributed by atoms with Crippen molar-refractivity contribution in [1.82, 2.24) is 4.57 Å². The maximum absolute atomic E-state index is 13.9. The quantitative estimate of drug-likeness (QED) is 0.265. The van der Waals surface area contributed by atoms with E-state index in [1.807, 2.05) is 0 Å². The third-order valence-electron chi connectivity index (χ3n) is 6.34. The Kier molecular flexibility index (Phi) is 7.89. The minimum absolute atomic E-state index is 0.162. The van der Waals surface area contributed by atoms with E-state index >= 15 is 0 Å².